The maximum absolute atomic E-state index is 13.6. The number of ether oxygens (including phenoxy) is 4. The summed E-state index contributed by atoms with van der Waals surface area (Å²) in [7, 11) is 0. The van der Waals surface area contributed by atoms with Gasteiger partial charge in [0.15, 0.2) is 12.1 Å². The van der Waals surface area contributed by atoms with Gasteiger partial charge in [0.05, 0.1) is 12.8 Å². The van der Waals surface area contributed by atoms with Crippen LogP contribution in [0.2, 0.25) is 0 Å². The molecule has 3 aliphatic rings. The number of benzene rings is 1. The summed E-state index contributed by atoms with van der Waals surface area (Å²) in [6.45, 7) is 13.7. The van der Waals surface area contributed by atoms with E-state index in [1.54, 1.807) is 38.1 Å². The van der Waals surface area contributed by atoms with Crippen molar-refractivity contribution >= 4 is 47.3 Å². The maximum atomic E-state index is 13.6. The molecule has 2 unspecified atom stereocenters. The van der Waals surface area contributed by atoms with Crippen molar-refractivity contribution < 1.29 is 62.7 Å². The van der Waals surface area contributed by atoms with E-state index >= 15 is 0 Å². The second kappa shape index (κ2) is 27.4. The zero-order chi connectivity index (χ0) is 50.0. The average molecular weight is 959 g/mol. The van der Waals surface area contributed by atoms with E-state index in [4.69, 9.17) is 18.9 Å². The maximum Gasteiger partial charge on any atom is 0.326 e. The Balaban J connectivity index is 1.26. The minimum Gasteiger partial charge on any atom is -0.481 e. The smallest absolute Gasteiger partial charge is 0.326 e. The number of nitrogens with one attached hydrogen (secondary N) is 5. The van der Waals surface area contributed by atoms with Crippen molar-refractivity contribution in [2.75, 3.05) is 25.0 Å². The second-order valence-corrected chi connectivity index (χ2v) is 19.5. The molecular formula is C49H78N6O13. The molecule has 8 atom stereocenters. The van der Waals surface area contributed by atoms with E-state index in [0.717, 1.165) is 12.8 Å². The quantitative estimate of drug-likeness (QED) is 0.0508. The first kappa shape index (κ1) is 55.7. The highest BCUT2D eigenvalue weighted by Gasteiger charge is 2.55. The van der Waals surface area contributed by atoms with Crippen molar-refractivity contribution in [2.45, 2.75) is 199 Å². The predicted molar refractivity (Wildman–Crippen MR) is 252 cm³/mol. The Morgan fingerprint density at radius 1 is 0.824 bits per heavy atom. The van der Waals surface area contributed by atoms with Crippen LogP contribution in [0.15, 0.2) is 24.3 Å². The molecule has 0 bridgehead atoms. The number of carboxylic acid groups (broad SMARTS) is 2. The van der Waals surface area contributed by atoms with E-state index in [0.29, 0.717) is 24.3 Å². The van der Waals surface area contributed by atoms with E-state index in [9.17, 15) is 43.8 Å². The Kier molecular flexibility index (Phi) is 22.4. The fraction of sp³-hybridized carbons (Fsp3) is 0.735. The summed E-state index contributed by atoms with van der Waals surface area (Å²) in [6.07, 6.45) is 10.1. The van der Waals surface area contributed by atoms with Gasteiger partial charge in [-0.3, -0.25) is 24.0 Å². The summed E-state index contributed by atoms with van der Waals surface area (Å²) >= 11 is 0. The summed E-state index contributed by atoms with van der Waals surface area (Å²) in [4.78, 5) is 91.7. The molecular weight excluding hydrogens is 881 g/mol. The number of hydrogen-bond acceptors (Lipinski definition) is 11. The van der Waals surface area contributed by atoms with Gasteiger partial charge >= 0.3 is 18.0 Å². The number of hydrogen-bond donors (Lipinski definition) is 7. The third-order valence-corrected chi connectivity index (χ3v) is 12.4. The van der Waals surface area contributed by atoms with Crippen LogP contribution < -0.4 is 26.6 Å². The number of fused-ring (bicyclic) bond motifs is 1. The molecule has 0 aromatic heterocycles. The highest BCUT2D eigenvalue weighted by molar-refractivity contribution is 5.97. The van der Waals surface area contributed by atoms with Crippen molar-refractivity contribution in [3.8, 4) is 0 Å². The number of unbranched alkanes of at least 4 members (excludes halogenated alkanes) is 9. The van der Waals surface area contributed by atoms with Crippen LogP contribution in [0.1, 0.15) is 144 Å². The fourth-order valence-corrected chi connectivity index (χ4v) is 8.82. The Morgan fingerprint density at radius 3 is 2.06 bits per heavy atom. The molecule has 3 saturated heterocycles. The summed E-state index contributed by atoms with van der Waals surface area (Å²) in [6, 6.07) is 1.13. The van der Waals surface area contributed by atoms with Crippen molar-refractivity contribution in [1.29, 1.82) is 0 Å². The molecule has 3 aliphatic heterocycles. The van der Waals surface area contributed by atoms with Gasteiger partial charge in [-0.2, -0.15) is 0 Å². The van der Waals surface area contributed by atoms with Gasteiger partial charge in [0.25, 0.3) is 0 Å². The molecule has 3 fully saturated rings. The van der Waals surface area contributed by atoms with Gasteiger partial charge in [0, 0.05) is 25.4 Å². The number of anilines is 1. The van der Waals surface area contributed by atoms with Crippen LogP contribution >= 0.6 is 0 Å². The molecule has 1 aromatic rings. The number of nitrogens with zero attached hydrogens (tertiary/aromatic N) is 1. The van der Waals surface area contributed by atoms with E-state index in [-0.39, 0.29) is 38.3 Å². The molecule has 0 spiro atoms. The molecule has 0 saturated carbocycles. The highest BCUT2D eigenvalue weighted by atomic mass is 16.8. The number of carbonyl (C=O) groups is 7. The molecule has 7 N–H and O–H groups in total. The summed E-state index contributed by atoms with van der Waals surface area (Å²) in [5.41, 5.74) is 1.03. The normalized spacial score (nSPS) is 22.0. The van der Waals surface area contributed by atoms with Gasteiger partial charge in [-0.05, 0) is 69.1 Å². The van der Waals surface area contributed by atoms with Crippen molar-refractivity contribution in [2.24, 2.45) is 11.8 Å². The first-order valence-corrected chi connectivity index (χ1v) is 24.7. The molecule has 382 valence electrons. The van der Waals surface area contributed by atoms with Gasteiger partial charge in [0.1, 0.15) is 42.5 Å². The zero-order valence-corrected chi connectivity index (χ0v) is 41.1. The largest absolute Gasteiger partial charge is 0.481 e. The monoisotopic (exact) mass is 959 g/mol. The van der Waals surface area contributed by atoms with E-state index in [1.165, 1.54) is 56.3 Å². The third kappa shape index (κ3) is 17.9. The minimum atomic E-state index is -1.61. The van der Waals surface area contributed by atoms with Gasteiger partial charge in [-0.25, -0.2) is 9.59 Å². The van der Waals surface area contributed by atoms with Crippen molar-refractivity contribution in [1.82, 2.24) is 26.2 Å². The van der Waals surface area contributed by atoms with Crippen molar-refractivity contribution in [3.63, 3.8) is 0 Å². The molecule has 68 heavy (non-hydrogen) atoms. The van der Waals surface area contributed by atoms with E-state index < -0.39 is 108 Å². The SMILES string of the molecule is CCCCCCCCCCCCOC1C(CNC(=O)Nc2ccc(CC(=O)N[C@@H](CC(C)C)C(=O)N[C@@H](CC(=O)O)C(=O)N[C@H](C(=O)N3CCC[C@H]3C(=O)O)C(C)C)cc2)O[C@@H]2OC(C)(C)O[C@H]12. The molecule has 0 aliphatic carbocycles. The third-order valence-electron chi connectivity index (χ3n) is 12.4. The highest BCUT2D eigenvalue weighted by Crippen LogP contribution is 2.38. The van der Waals surface area contributed by atoms with Gasteiger partial charge < -0.3 is 60.6 Å². The fourth-order valence-electron chi connectivity index (χ4n) is 8.82. The number of urea groups is 1. The number of carbonyl (C=O) groups excluding carboxylic acids is 5. The first-order chi connectivity index (χ1) is 32.3. The number of aliphatic carboxylic acids is 2. The topological polar surface area (TPSA) is 260 Å². The van der Waals surface area contributed by atoms with Crippen LogP contribution in [0.5, 0.6) is 0 Å². The van der Waals surface area contributed by atoms with Crippen molar-refractivity contribution in [3.05, 3.63) is 29.8 Å². The van der Waals surface area contributed by atoms with Crippen LogP contribution in [0.25, 0.3) is 0 Å². The van der Waals surface area contributed by atoms with Gasteiger partial charge in [-0.15, -0.1) is 0 Å². The lowest BCUT2D eigenvalue weighted by Gasteiger charge is -2.30. The Morgan fingerprint density at radius 2 is 1.46 bits per heavy atom. The standard InChI is InChI=1S/C49H78N6O13/c1-8-9-10-11-12-13-14-15-16-17-25-65-41-37(66-47-42(41)67-49(6,7)68-47)29-50-48(64)51-33-22-20-32(21-23-33)27-38(56)52-34(26-30(2)3)43(59)53-35(28-39(57)58)44(60)54-40(31(4)5)45(61)55-24-18-19-36(55)46(62)63/h20-23,30-31,34-37,40-42,47H,8-19,24-29H2,1-7H3,(H,52,56)(H,53,59)(H,54,60)(H,57,58)(H,62,63)(H2,50,51,64)/t34-,35-,36-,37?,40-,41?,42+,47+/m0/s1. The predicted octanol–water partition coefficient (Wildman–Crippen LogP) is 5.24. The number of amides is 6. The van der Waals surface area contributed by atoms with Gasteiger partial charge in [0.2, 0.25) is 23.6 Å². The Bertz CT molecular complexity index is 1830. The summed E-state index contributed by atoms with van der Waals surface area (Å²) in [5.74, 6) is -6.82. The lowest BCUT2D eigenvalue weighted by atomic mass is 10.00. The van der Waals surface area contributed by atoms with E-state index in [2.05, 4.69) is 33.5 Å². The number of rotatable bonds is 29. The molecule has 19 nitrogen and oxygen atoms in total. The van der Waals surface area contributed by atoms with E-state index in [1.807, 2.05) is 27.7 Å². The molecule has 19 heteroatoms. The molecule has 6 amide bonds. The Hall–Kier alpha value is -4.85. The van der Waals surface area contributed by atoms with Crippen LogP contribution in [-0.4, -0.2) is 131 Å². The molecule has 3 heterocycles. The lowest BCUT2D eigenvalue weighted by Crippen LogP contribution is -2.59. The zero-order valence-electron chi connectivity index (χ0n) is 41.1. The van der Waals surface area contributed by atoms with Crippen LogP contribution in [0.3, 0.4) is 0 Å². The first-order valence-electron chi connectivity index (χ1n) is 24.7. The average Bonchev–Trinajstić information content (AvgIpc) is 3.96. The summed E-state index contributed by atoms with van der Waals surface area (Å²) < 4.78 is 24.6. The summed E-state index contributed by atoms with van der Waals surface area (Å²) in [5, 5.41) is 32.6. The van der Waals surface area contributed by atoms with Crippen LogP contribution in [0.4, 0.5) is 10.5 Å². The Labute approximate surface area is 401 Å². The lowest BCUT2D eigenvalue weighted by molar-refractivity contribution is -0.217. The minimum absolute atomic E-state index is 0.0960. The molecule has 4 rings (SSSR count). The molecule has 0 radical (unpaired) electrons. The van der Waals surface area contributed by atoms with Gasteiger partial charge in [-0.1, -0.05) is 105 Å². The number of likely N-dealkylation sites (tertiary alicyclic amines) is 1. The van der Waals surface area contributed by atoms with Crippen LogP contribution in [0, 0.1) is 11.8 Å². The second-order valence-electron chi connectivity index (χ2n) is 19.5. The molecule has 1 aromatic carbocycles. The number of carboxylic acids is 2. The van der Waals surface area contributed by atoms with Crippen LogP contribution in [-0.2, 0) is 54.1 Å².